The average molecular weight is 296 g/mol. The molecule has 0 saturated carbocycles. The maximum absolute atomic E-state index is 12.9. The van der Waals surface area contributed by atoms with E-state index in [2.05, 4.69) is 15.0 Å². The highest BCUT2D eigenvalue weighted by molar-refractivity contribution is 7.99. The van der Waals surface area contributed by atoms with Gasteiger partial charge in [0, 0.05) is 6.20 Å². The summed E-state index contributed by atoms with van der Waals surface area (Å²) in [6, 6.07) is 11.7. The van der Waals surface area contributed by atoms with Crippen LogP contribution in [0.1, 0.15) is 5.56 Å². The third kappa shape index (κ3) is 3.09. The van der Waals surface area contributed by atoms with Gasteiger partial charge in [0.25, 0.3) is 0 Å². The molecule has 0 radical (unpaired) electrons. The van der Waals surface area contributed by atoms with Gasteiger partial charge in [-0.3, -0.25) is 0 Å². The van der Waals surface area contributed by atoms with Crippen LogP contribution in [0.2, 0.25) is 0 Å². The molecular formula is C15H9FN4S. The number of imidazole rings is 1. The first-order chi connectivity index (χ1) is 10.2. The summed E-state index contributed by atoms with van der Waals surface area (Å²) in [4.78, 5) is 11.6. The second kappa shape index (κ2) is 5.77. The lowest BCUT2D eigenvalue weighted by atomic mass is 10.2. The van der Waals surface area contributed by atoms with Crippen molar-refractivity contribution in [2.24, 2.45) is 0 Å². The van der Waals surface area contributed by atoms with Crippen LogP contribution in [-0.4, -0.2) is 15.0 Å². The molecule has 1 aromatic carbocycles. The molecule has 0 aliphatic heterocycles. The Hall–Kier alpha value is -2.65. The molecule has 0 aliphatic rings. The average Bonchev–Trinajstić information content (AvgIpc) is 2.97. The Morgan fingerprint density at radius 2 is 1.86 bits per heavy atom. The van der Waals surface area contributed by atoms with Crippen molar-refractivity contribution < 1.29 is 4.39 Å². The molecule has 21 heavy (non-hydrogen) atoms. The van der Waals surface area contributed by atoms with Gasteiger partial charge in [0.2, 0.25) is 0 Å². The van der Waals surface area contributed by atoms with Crippen LogP contribution in [0.25, 0.3) is 11.3 Å². The van der Waals surface area contributed by atoms with Gasteiger partial charge in [-0.15, -0.1) is 0 Å². The van der Waals surface area contributed by atoms with Gasteiger partial charge >= 0.3 is 0 Å². The normalized spacial score (nSPS) is 10.3. The summed E-state index contributed by atoms with van der Waals surface area (Å²) in [5.41, 5.74) is 2.19. The van der Waals surface area contributed by atoms with Crippen LogP contribution in [0, 0.1) is 17.1 Å². The van der Waals surface area contributed by atoms with Crippen LogP contribution in [0.5, 0.6) is 0 Å². The van der Waals surface area contributed by atoms with Crippen LogP contribution >= 0.6 is 11.8 Å². The number of pyridine rings is 1. The number of halogens is 1. The topological polar surface area (TPSA) is 65.4 Å². The first-order valence-corrected chi connectivity index (χ1v) is 6.91. The number of hydrogen-bond donors (Lipinski definition) is 1. The molecule has 0 atom stereocenters. The maximum Gasteiger partial charge on any atom is 0.172 e. The van der Waals surface area contributed by atoms with Crippen molar-refractivity contribution in [2.75, 3.05) is 0 Å². The molecule has 0 spiro atoms. The molecular weight excluding hydrogens is 287 g/mol. The van der Waals surface area contributed by atoms with E-state index in [9.17, 15) is 4.39 Å². The Bertz CT molecular complexity index is 788. The number of aromatic nitrogens is 3. The van der Waals surface area contributed by atoms with Crippen LogP contribution < -0.4 is 0 Å². The lowest BCUT2D eigenvalue weighted by molar-refractivity contribution is 0.628. The summed E-state index contributed by atoms with van der Waals surface area (Å²) in [5.74, 6) is -0.269. The molecule has 4 nitrogen and oxygen atoms in total. The molecule has 0 unspecified atom stereocenters. The van der Waals surface area contributed by atoms with Gasteiger partial charge in [0.15, 0.2) is 5.16 Å². The second-order valence-electron chi connectivity index (χ2n) is 4.21. The molecule has 0 aliphatic carbocycles. The van der Waals surface area contributed by atoms with Crippen molar-refractivity contribution in [3.63, 3.8) is 0 Å². The van der Waals surface area contributed by atoms with Gasteiger partial charge < -0.3 is 4.98 Å². The van der Waals surface area contributed by atoms with Gasteiger partial charge in [0.05, 0.1) is 17.5 Å². The lowest BCUT2D eigenvalue weighted by Gasteiger charge is -1.98. The van der Waals surface area contributed by atoms with E-state index in [0.29, 0.717) is 10.7 Å². The highest BCUT2D eigenvalue weighted by atomic mass is 32.2. The van der Waals surface area contributed by atoms with Crippen LogP contribution in [0.3, 0.4) is 0 Å². The molecule has 3 aromatic rings. The minimum absolute atomic E-state index is 0.269. The summed E-state index contributed by atoms with van der Waals surface area (Å²) in [6.45, 7) is 0. The number of nitrogens with one attached hydrogen (secondary N) is 1. The quantitative estimate of drug-likeness (QED) is 0.801. The van der Waals surface area contributed by atoms with Crippen molar-refractivity contribution >= 4 is 11.8 Å². The Balaban J connectivity index is 1.78. The van der Waals surface area contributed by atoms with Crippen molar-refractivity contribution in [2.45, 2.75) is 10.2 Å². The summed E-state index contributed by atoms with van der Waals surface area (Å²) in [7, 11) is 0. The highest BCUT2D eigenvalue weighted by Gasteiger charge is 2.06. The first kappa shape index (κ1) is 13.3. The Labute approximate surface area is 124 Å². The zero-order valence-electron chi connectivity index (χ0n) is 10.7. The molecule has 0 bridgehead atoms. The lowest BCUT2D eigenvalue weighted by Crippen LogP contribution is -1.83. The third-order valence-electron chi connectivity index (χ3n) is 2.77. The number of rotatable bonds is 3. The maximum atomic E-state index is 12.9. The fourth-order valence-electron chi connectivity index (χ4n) is 1.74. The van der Waals surface area contributed by atoms with Gasteiger partial charge in [-0.05, 0) is 53.7 Å². The third-order valence-corrected chi connectivity index (χ3v) is 3.63. The van der Waals surface area contributed by atoms with E-state index in [1.807, 2.05) is 6.07 Å². The van der Waals surface area contributed by atoms with Crippen LogP contribution in [0.4, 0.5) is 4.39 Å². The van der Waals surface area contributed by atoms with E-state index in [1.54, 1.807) is 30.5 Å². The smallest absolute Gasteiger partial charge is 0.172 e. The van der Waals surface area contributed by atoms with Gasteiger partial charge in [-0.25, -0.2) is 14.4 Å². The van der Waals surface area contributed by atoms with Gasteiger partial charge in [0.1, 0.15) is 16.9 Å². The molecule has 1 N–H and O–H groups in total. The number of benzene rings is 1. The second-order valence-corrected chi connectivity index (χ2v) is 5.22. The van der Waals surface area contributed by atoms with E-state index >= 15 is 0 Å². The zero-order valence-corrected chi connectivity index (χ0v) is 11.6. The number of H-pyrrole nitrogens is 1. The van der Waals surface area contributed by atoms with E-state index in [1.165, 1.54) is 30.1 Å². The molecule has 3 rings (SSSR count). The number of nitrogens with zero attached hydrogens (tertiary/aromatic N) is 3. The van der Waals surface area contributed by atoms with E-state index in [4.69, 9.17) is 5.26 Å². The van der Waals surface area contributed by atoms with E-state index in [-0.39, 0.29) is 5.82 Å². The standard InChI is InChI=1S/C15H9FN4S/c16-12-4-2-11(3-5-12)13-9-19-15(20-13)21-14-6-1-10(7-17)8-18-14/h1-6,8-9H,(H,19,20). The Morgan fingerprint density at radius 1 is 1.05 bits per heavy atom. The van der Waals surface area contributed by atoms with Crippen LogP contribution in [0.15, 0.2) is 59.0 Å². The predicted molar refractivity (Wildman–Crippen MR) is 77.1 cm³/mol. The highest BCUT2D eigenvalue weighted by Crippen LogP contribution is 2.26. The van der Waals surface area contributed by atoms with E-state index < -0.39 is 0 Å². The Kier molecular flexibility index (Phi) is 3.67. The first-order valence-electron chi connectivity index (χ1n) is 6.09. The fourth-order valence-corrected chi connectivity index (χ4v) is 2.44. The van der Waals surface area contributed by atoms with Crippen molar-refractivity contribution in [3.05, 3.63) is 60.2 Å². The summed E-state index contributed by atoms with van der Waals surface area (Å²) < 4.78 is 12.9. The van der Waals surface area contributed by atoms with Crippen molar-refractivity contribution in [3.8, 4) is 17.3 Å². The summed E-state index contributed by atoms with van der Waals surface area (Å²) >= 11 is 1.36. The van der Waals surface area contributed by atoms with Crippen molar-refractivity contribution in [1.29, 1.82) is 5.26 Å². The molecule has 0 fully saturated rings. The SMILES string of the molecule is N#Cc1ccc(Sc2ncc(-c3ccc(F)cc3)[nH]2)nc1. The van der Waals surface area contributed by atoms with Crippen LogP contribution in [-0.2, 0) is 0 Å². The minimum atomic E-state index is -0.269. The largest absolute Gasteiger partial charge is 0.333 e. The minimum Gasteiger partial charge on any atom is -0.333 e. The van der Waals surface area contributed by atoms with Crippen molar-refractivity contribution in [1.82, 2.24) is 15.0 Å². The van der Waals surface area contributed by atoms with E-state index in [0.717, 1.165) is 16.3 Å². The molecule has 102 valence electrons. The predicted octanol–water partition coefficient (Wildman–Crippen LogP) is 3.63. The Morgan fingerprint density at radius 3 is 2.52 bits per heavy atom. The number of aromatic amines is 1. The summed E-state index contributed by atoms with van der Waals surface area (Å²) in [5, 5.41) is 10.2. The molecule has 2 aromatic heterocycles. The fraction of sp³-hybridized carbons (Fsp3) is 0. The summed E-state index contributed by atoms with van der Waals surface area (Å²) in [6.07, 6.45) is 3.21. The molecule has 0 saturated heterocycles. The molecule has 6 heteroatoms. The van der Waals surface area contributed by atoms with Gasteiger partial charge in [-0.2, -0.15) is 5.26 Å². The zero-order chi connectivity index (χ0) is 14.7. The number of hydrogen-bond acceptors (Lipinski definition) is 4. The van der Waals surface area contributed by atoms with Gasteiger partial charge in [-0.1, -0.05) is 0 Å². The molecule has 0 amide bonds. The number of nitriles is 1. The molecule has 2 heterocycles. The monoisotopic (exact) mass is 296 g/mol.